The highest BCUT2D eigenvalue weighted by Crippen LogP contribution is 2.36. The summed E-state index contributed by atoms with van der Waals surface area (Å²) < 4.78 is 2.02. The standard InChI is InChI=1S/C32H41N5O2/c1-22(2)19-29-30(38)36(20-26-12-10-9-11-23(26)3)32(31(39)33-29)15-17-35(18-16-32)21-28-24(4)34-37(25(28)5)27-13-7-6-8-14-27/h6-14,22,29H,15-21H2,1-5H3,(H,33,39). The van der Waals surface area contributed by atoms with Crippen molar-refractivity contribution in [3.63, 3.8) is 0 Å². The molecule has 206 valence electrons. The van der Waals surface area contributed by atoms with Crippen molar-refractivity contribution in [3.05, 3.63) is 82.7 Å². The molecule has 1 aromatic heterocycles. The topological polar surface area (TPSA) is 70.5 Å². The second-order valence-corrected chi connectivity index (χ2v) is 11.7. The summed E-state index contributed by atoms with van der Waals surface area (Å²) in [6, 6.07) is 17.9. The number of rotatable bonds is 7. The number of piperazine rings is 1. The summed E-state index contributed by atoms with van der Waals surface area (Å²) in [6.07, 6.45) is 1.90. The molecular weight excluding hydrogens is 486 g/mol. The van der Waals surface area contributed by atoms with Crippen LogP contribution in [0.2, 0.25) is 0 Å². The van der Waals surface area contributed by atoms with Crippen LogP contribution >= 0.6 is 0 Å². The molecule has 1 unspecified atom stereocenters. The zero-order valence-corrected chi connectivity index (χ0v) is 23.9. The Bertz CT molecular complexity index is 1340. The molecule has 5 rings (SSSR count). The van der Waals surface area contributed by atoms with Gasteiger partial charge in [-0.05, 0) is 69.2 Å². The Morgan fingerprint density at radius 2 is 1.62 bits per heavy atom. The van der Waals surface area contributed by atoms with Gasteiger partial charge in [0, 0.05) is 37.4 Å². The largest absolute Gasteiger partial charge is 0.342 e. The van der Waals surface area contributed by atoms with Crippen molar-refractivity contribution in [3.8, 4) is 5.69 Å². The summed E-state index contributed by atoms with van der Waals surface area (Å²) in [5.41, 5.74) is 5.88. The molecule has 0 saturated carbocycles. The number of nitrogens with zero attached hydrogens (tertiary/aromatic N) is 4. The molecule has 39 heavy (non-hydrogen) atoms. The summed E-state index contributed by atoms with van der Waals surface area (Å²) >= 11 is 0. The molecule has 0 aliphatic carbocycles. The fourth-order valence-electron chi connectivity index (χ4n) is 6.22. The van der Waals surface area contributed by atoms with Gasteiger partial charge in [0.25, 0.3) is 0 Å². The minimum absolute atomic E-state index is 0.00485. The number of carbonyl (C=O) groups is 2. The van der Waals surface area contributed by atoms with Gasteiger partial charge in [-0.25, -0.2) is 4.68 Å². The second kappa shape index (κ2) is 11.0. The summed E-state index contributed by atoms with van der Waals surface area (Å²) in [6.45, 7) is 13.2. The number of aryl methyl sites for hydroxylation is 2. The zero-order chi connectivity index (χ0) is 27.7. The van der Waals surface area contributed by atoms with Crippen molar-refractivity contribution >= 4 is 11.8 Å². The van der Waals surface area contributed by atoms with E-state index in [4.69, 9.17) is 5.10 Å². The van der Waals surface area contributed by atoms with Crippen LogP contribution in [0.4, 0.5) is 0 Å². The number of piperidine rings is 1. The zero-order valence-electron chi connectivity index (χ0n) is 23.9. The first kappa shape index (κ1) is 27.1. The summed E-state index contributed by atoms with van der Waals surface area (Å²) in [4.78, 5) is 32.0. The second-order valence-electron chi connectivity index (χ2n) is 11.7. The third-order valence-corrected chi connectivity index (χ3v) is 8.61. The smallest absolute Gasteiger partial charge is 0.246 e. The molecule has 2 aromatic carbocycles. The van der Waals surface area contributed by atoms with Gasteiger partial charge in [0.05, 0.1) is 11.4 Å². The Hall–Kier alpha value is -3.45. The Labute approximate surface area is 232 Å². The number of nitrogens with one attached hydrogen (secondary N) is 1. The highest BCUT2D eigenvalue weighted by Gasteiger charge is 2.53. The highest BCUT2D eigenvalue weighted by atomic mass is 16.2. The normalized spacial score (nSPS) is 19.6. The first-order valence-corrected chi connectivity index (χ1v) is 14.2. The molecule has 7 nitrogen and oxygen atoms in total. The van der Waals surface area contributed by atoms with Crippen LogP contribution in [0.3, 0.4) is 0 Å². The summed E-state index contributed by atoms with van der Waals surface area (Å²) in [5.74, 6) is 0.375. The van der Waals surface area contributed by atoms with Crippen LogP contribution in [0.25, 0.3) is 5.69 Å². The minimum atomic E-state index is -0.818. The van der Waals surface area contributed by atoms with E-state index in [1.54, 1.807) is 0 Å². The molecule has 3 heterocycles. The van der Waals surface area contributed by atoms with Crippen LogP contribution in [0.5, 0.6) is 0 Å². The number of benzene rings is 2. The molecule has 2 saturated heterocycles. The van der Waals surface area contributed by atoms with Crippen LogP contribution in [0.1, 0.15) is 61.2 Å². The Balaban J connectivity index is 1.37. The third-order valence-electron chi connectivity index (χ3n) is 8.61. The van der Waals surface area contributed by atoms with E-state index in [0.717, 1.165) is 47.8 Å². The molecule has 7 heteroatoms. The van der Waals surface area contributed by atoms with Gasteiger partial charge in [-0.2, -0.15) is 5.10 Å². The molecule has 1 N–H and O–H groups in total. The van der Waals surface area contributed by atoms with Gasteiger partial charge < -0.3 is 10.2 Å². The maximum Gasteiger partial charge on any atom is 0.246 e. The number of amides is 2. The lowest BCUT2D eigenvalue weighted by Crippen LogP contribution is -2.72. The van der Waals surface area contributed by atoms with Crippen LogP contribution in [0.15, 0.2) is 54.6 Å². The lowest BCUT2D eigenvalue weighted by molar-refractivity contribution is -0.162. The van der Waals surface area contributed by atoms with Gasteiger partial charge in [-0.15, -0.1) is 0 Å². The third kappa shape index (κ3) is 5.24. The van der Waals surface area contributed by atoms with Gasteiger partial charge in [0.2, 0.25) is 11.8 Å². The van der Waals surface area contributed by atoms with Crippen molar-refractivity contribution < 1.29 is 9.59 Å². The lowest BCUT2D eigenvalue weighted by atomic mass is 9.80. The number of likely N-dealkylation sites (tertiary alicyclic amines) is 1. The molecule has 2 aliphatic rings. The average molecular weight is 528 g/mol. The van der Waals surface area contributed by atoms with E-state index in [-0.39, 0.29) is 11.8 Å². The van der Waals surface area contributed by atoms with Crippen molar-refractivity contribution in [2.45, 2.75) is 78.6 Å². The van der Waals surface area contributed by atoms with Crippen molar-refractivity contribution in [1.29, 1.82) is 0 Å². The van der Waals surface area contributed by atoms with E-state index >= 15 is 0 Å². The van der Waals surface area contributed by atoms with Crippen molar-refractivity contribution in [2.75, 3.05) is 13.1 Å². The highest BCUT2D eigenvalue weighted by molar-refractivity contribution is 6.00. The quantitative estimate of drug-likeness (QED) is 0.483. The van der Waals surface area contributed by atoms with E-state index < -0.39 is 11.6 Å². The van der Waals surface area contributed by atoms with Gasteiger partial charge >= 0.3 is 0 Å². The number of para-hydroxylation sites is 1. The monoisotopic (exact) mass is 527 g/mol. The van der Waals surface area contributed by atoms with E-state index in [2.05, 4.69) is 69.1 Å². The van der Waals surface area contributed by atoms with E-state index in [1.807, 2.05) is 39.9 Å². The molecule has 2 amide bonds. The summed E-state index contributed by atoms with van der Waals surface area (Å²) in [5, 5.41) is 7.95. The number of hydrogen-bond acceptors (Lipinski definition) is 4. The number of carbonyl (C=O) groups excluding carboxylic acids is 2. The number of aromatic nitrogens is 2. The van der Waals surface area contributed by atoms with Crippen LogP contribution < -0.4 is 5.32 Å². The molecule has 0 bridgehead atoms. The van der Waals surface area contributed by atoms with Gasteiger partial charge in [0.15, 0.2) is 0 Å². The van der Waals surface area contributed by atoms with Gasteiger partial charge in [-0.3, -0.25) is 14.5 Å². The van der Waals surface area contributed by atoms with E-state index in [1.165, 1.54) is 5.56 Å². The maximum atomic E-state index is 13.9. The van der Waals surface area contributed by atoms with E-state index in [0.29, 0.717) is 31.7 Å². The fourth-order valence-corrected chi connectivity index (χ4v) is 6.22. The van der Waals surface area contributed by atoms with E-state index in [9.17, 15) is 9.59 Å². The first-order valence-electron chi connectivity index (χ1n) is 14.2. The predicted octanol–water partition coefficient (Wildman–Crippen LogP) is 4.71. The SMILES string of the molecule is Cc1ccccc1CN1C(=O)C(CC(C)C)NC(=O)C12CCN(Cc1c(C)nn(-c3ccccc3)c1C)CC2. The average Bonchev–Trinajstić information content (AvgIpc) is 3.20. The fraction of sp³-hybridized carbons (Fsp3) is 0.469. The van der Waals surface area contributed by atoms with Crippen molar-refractivity contribution in [1.82, 2.24) is 24.9 Å². The molecule has 3 aromatic rings. The van der Waals surface area contributed by atoms with Gasteiger partial charge in [-0.1, -0.05) is 56.3 Å². The number of hydrogen-bond donors (Lipinski definition) is 1. The molecular formula is C32H41N5O2. The Morgan fingerprint density at radius 3 is 2.28 bits per heavy atom. The summed E-state index contributed by atoms with van der Waals surface area (Å²) in [7, 11) is 0. The minimum Gasteiger partial charge on any atom is -0.342 e. The Kier molecular flexibility index (Phi) is 7.63. The molecule has 1 atom stereocenters. The first-order chi connectivity index (χ1) is 18.7. The lowest BCUT2D eigenvalue weighted by Gasteiger charge is -2.52. The van der Waals surface area contributed by atoms with Crippen LogP contribution in [0, 0.1) is 26.7 Å². The molecule has 2 aliphatic heterocycles. The van der Waals surface area contributed by atoms with Crippen LogP contribution in [-0.4, -0.2) is 56.1 Å². The Morgan fingerprint density at radius 1 is 0.949 bits per heavy atom. The van der Waals surface area contributed by atoms with Crippen molar-refractivity contribution in [2.24, 2.45) is 5.92 Å². The van der Waals surface area contributed by atoms with Crippen LogP contribution in [-0.2, 0) is 22.7 Å². The molecule has 0 radical (unpaired) electrons. The van der Waals surface area contributed by atoms with Gasteiger partial charge in [0.1, 0.15) is 11.6 Å². The maximum absolute atomic E-state index is 13.9. The predicted molar refractivity (Wildman–Crippen MR) is 153 cm³/mol. The molecule has 2 fully saturated rings. The molecule has 1 spiro atoms.